The van der Waals surface area contributed by atoms with Crippen LogP contribution in [0.2, 0.25) is 0 Å². The first-order valence-electron chi connectivity index (χ1n) is 10.7. The molecule has 3 aromatic rings. The minimum absolute atomic E-state index is 0.116. The van der Waals surface area contributed by atoms with Crippen LogP contribution in [0.1, 0.15) is 30.4 Å². The molecule has 0 heterocycles. The SMILES string of the molecule is CC(C(=O)NCCC(=O)NCCc1ccc(O)cc1)c1cccc(Oc2ccccc2)c1. The van der Waals surface area contributed by atoms with E-state index in [2.05, 4.69) is 10.6 Å². The molecule has 1 atom stereocenters. The van der Waals surface area contributed by atoms with Gasteiger partial charge in [-0.15, -0.1) is 0 Å². The highest BCUT2D eigenvalue weighted by Crippen LogP contribution is 2.25. The van der Waals surface area contributed by atoms with E-state index in [1.54, 1.807) is 12.1 Å². The summed E-state index contributed by atoms with van der Waals surface area (Å²) < 4.78 is 5.84. The maximum Gasteiger partial charge on any atom is 0.227 e. The van der Waals surface area contributed by atoms with Crippen molar-refractivity contribution in [3.63, 3.8) is 0 Å². The second-order valence-corrected chi connectivity index (χ2v) is 7.52. The molecule has 1 unspecified atom stereocenters. The largest absolute Gasteiger partial charge is 0.508 e. The minimum Gasteiger partial charge on any atom is -0.508 e. The molecular formula is C26H28N2O4. The molecule has 3 aromatic carbocycles. The Labute approximate surface area is 188 Å². The quantitative estimate of drug-likeness (QED) is 0.449. The summed E-state index contributed by atoms with van der Waals surface area (Å²) in [5.41, 5.74) is 1.87. The van der Waals surface area contributed by atoms with Crippen molar-refractivity contribution in [2.75, 3.05) is 13.1 Å². The second kappa shape index (κ2) is 11.6. The number of carbonyl (C=O) groups is 2. The molecule has 0 radical (unpaired) electrons. The van der Waals surface area contributed by atoms with Crippen molar-refractivity contribution < 1.29 is 19.4 Å². The molecule has 32 heavy (non-hydrogen) atoms. The van der Waals surface area contributed by atoms with E-state index in [1.807, 2.05) is 73.7 Å². The van der Waals surface area contributed by atoms with Crippen LogP contribution >= 0.6 is 0 Å². The Bertz CT molecular complexity index is 1020. The van der Waals surface area contributed by atoms with Crippen molar-refractivity contribution in [3.05, 3.63) is 90.0 Å². The van der Waals surface area contributed by atoms with Gasteiger partial charge in [0.2, 0.25) is 11.8 Å². The number of aromatic hydroxyl groups is 1. The number of carbonyl (C=O) groups excluding carboxylic acids is 2. The van der Waals surface area contributed by atoms with Crippen molar-refractivity contribution in [1.29, 1.82) is 0 Å². The van der Waals surface area contributed by atoms with Gasteiger partial charge in [-0.2, -0.15) is 0 Å². The van der Waals surface area contributed by atoms with E-state index in [4.69, 9.17) is 4.74 Å². The fraction of sp³-hybridized carbons (Fsp3) is 0.231. The zero-order valence-electron chi connectivity index (χ0n) is 18.1. The third-order valence-corrected chi connectivity index (χ3v) is 5.05. The van der Waals surface area contributed by atoms with Crippen LogP contribution in [0.15, 0.2) is 78.9 Å². The van der Waals surface area contributed by atoms with Crippen molar-refractivity contribution in [2.24, 2.45) is 0 Å². The van der Waals surface area contributed by atoms with Gasteiger partial charge in [0.05, 0.1) is 5.92 Å². The van der Waals surface area contributed by atoms with Crippen LogP contribution in [-0.4, -0.2) is 30.0 Å². The van der Waals surface area contributed by atoms with E-state index in [1.165, 1.54) is 0 Å². The number of hydrogen-bond acceptors (Lipinski definition) is 4. The monoisotopic (exact) mass is 432 g/mol. The lowest BCUT2D eigenvalue weighted by Gasteiger charge is -2.14. The van der Waals surface area contributed by atoms with Crippen LogP contribution < -0.4 is 15.4 Å². The van der Waals surface area contributed by atoms with E-state index in [0.717, 1.165) is 16.9 Å². The average molecular weight is 433 g/mol. The van der Waals surface area contributed by atoms with Gasteiger partial charge in [-0.05, 0) is 60.9 Å². The van der Waals surface area contributed by atoms with Crippen LogP contribution in [0.4, 0.5) is 0 Å². The summed E-state index contributed by atoms with van der Waals surface area (Å²) in [6, 6.07) is 23.8. The molecule has 0 fully saturated rings. The molecule has 0 saturated heterocycles. The van der Waals surface area contributed by atoms with E-state index >= 15 is 0 Å². The van der Waals surface area contributed by atoms with Gasteiger partial charge in [-0.1, -0.05) is 42.5 Å². The summed E-state index contributed by atoms with van der Waals surface area (Å²) in [5, 5.41) is 15.0. The zero-order valence-corrected chi connectivity index (χ0v) is 18.1. The first kappa shape index (κ1) is 22.9. The number of nitrogens with one attached hydrogen (secondary N) is 2. The number of hydrogen-bond donors (Lipinski definition) is 3. The predicted molar refractivity (Wildman–Crippen MR) is 124 cm³/mol. The fourth-order valence-corrected chi connectivity index (χ4v) is 3.17. The molecule has 0 spiro atoms. The van der Waals surface area contributed by atoms with Crippen LogP contribution in [0.25, 0.3) is 0 Å². The summed E-state index contributed by atoms with van der Waals surface area (Å²) in [4.78, 5) is 24.5. The highest BCUT2D eigenvalue weighted by Gasteiger charge is 2.16. The molecule has 0 saturated carbocycles. The van der Waals surface area contributed by atoms with Crippen molar-refractivity contribution >= 4 is 11.8 Å². The molecule has 0 bridgehead atoms. The predicted octanol–water partition coefficient (Wildman–Crippen LogP) is 4.15. The lowest BCUT2D eigenvalue weighted by atomic mass is 10.00. The first-order chi connectivity index (χ1) is 15.5. The number of benzene rings is 3. The molecular weight excluding hydrogens is 404 g/mol. The smallest absolute Gasteiger partial charge is 0.227 e. The topological polar surface area (TPSA) is 87.7 Å². The van der Waals surface area contributed by atoms with Crippen molar-refractivity contribution in [1.82, 2.24) is 10.6 Å². The van der Waals surface area contributed by atoms with Gasteiger partial charge in [-0.25, -0.2) is 0 Å². The van der Waals surface area contributed by atoms with Crippen molar-refractivity contribution in [3.8, 4) is 17.2 Å². The number of amides is 2. The Morgan fingerprint density at radius 2 is 1.59 bits per heavy atom. The van der Waals surface area contributed by atoms with Crippen LogP contribution in [0.5, 0.6) is 17.2 Å². The summed E-state index contributed by atoms with van der Waals surface area (Å²) in [6.07, 6.45) is 0.891. The number of para-hydroxylation sites is 1. The Kier molecular flexibility index (Phi) is 8.26. The van der Waals surface area contributed by atoms with E-state index in [-0.39, 0.29) is 36.4 Å². The molecule has 0 aliphatic heterocycles. The molecule has 0 aliphatic rings. The number of rotatable bonds is 10. The number of phenols is 1. The average Bonchev–Trinajstić information content (AvgIpc) is 2.80. The van der Waals surface area contributed by atoms with Gasteiger partial charge < -0.3 is 20.5 Å². The lowest BCUT2D eigenvalue weighted by Crippen LogP contribution is -2.33. The van der Waals surface area contributed by atoms with Crippen LogP contribution in [0.3, 0.4) is 0 Å². The van der Waals surface area contributed by atoms with Gasteiger partial charge >= 0.3 is 0 Å². The van der Waals surface area contributed by atoms with E-state index < -0.39 is 0 Å². The molecule has 6 heteroatoms. The van der Waals surface area contributed by atoms with Crippen LogP contribution in [0, 0.1) is 0 Å². The van der Waals surface area contributed by atoms with E-state index in [0.29, 0.717) is 18.7 Å². The molecule has 166 valence electrons. The second-order valence-electron chi connectivity index (χ2n) is 7.52. The molecule has 2 amide bonds. The summed E-state index contributed by atoms with van der Waals surface area (Å²) >= 11 is 0. The normalized spacial score (nSPS) is 11.4. The Morgan fingerprint density at radius 1 is 0.875 bits per heavy atom. The van der Waals surface area contributed by atoms with E-state index in [9.17, 15) is 14.7 Å². The number of ether oxygens (including phenoxy) is 1. The maximum absolute atomic E-state index is 12.5. The van der Waals surface area contributed by atoms with Gasteiger partial charge in [0, 0.05) is 19.5 Å². The summed E-state index contributed by atoms with van der Waals surface area (Å²) in [5.74, 6) is 0.998. The minimum atomic E-state index is -0.369. The number of phenolic OH excluding ortho intramolecular Hbond substituents is 1. The lowest BCUT2D eigenvalue weighted by molar-refractivity contribution is -0.123. The van der Waals surface area contributed by atoms with Gasteiger partial charge in [0.1, 0.15) is 17.2 Å². The first-order valence-corrected chi connectivity index (χ1v) is 10.7. The van der Waals surface area contributed by atoms with Gasteiger partial charge in [0.25, 0.3) is 0 Å². The molecule has 0 aliphatic carbocycles. The fourth-order valence-electron chi connectivity index (χ4n) is 3.17. The Morgan fingerprint density at radius 3 is 2.34 bits per heavy atom. The highest BCUT2D eigenvalue weighted by atomic mass is 16.5. The van der Waals surface area contributed by atoms with Crippen molar-refractivity contribution in [2.45, 2.75) is 25.7 Å². The maximum atomic E-state index is 12.5. The van der Waals surface area contributed by atoms with Gasteiger partial charge in [0.15, 0.2) is 0 Å². The summed E-state index contributed by atoms with van der Waals surface area (Å²) in [6.45, 7) is 2.60. The molecule has 6 nitrogen and oxygen atoms in total. The molecule has 3 rings (SSSR count). The Hall–Kier alpha value is -3.80. The molecule has 3 N–H and O–H groups in total. The summed E-state index contributed by atoms with van der Waals surface area (Å²) in [7, 11) is 0. The standard InChI is InChI=1S/C26H28N2O4/c1-19(21-6-5-9-24(18-21)32-23-7-3-2-4-8-23)26(31)28-17-15-25(30)27-16-14-20-10-12-22(29)13-11-20/h2-13,18-19,29H,14-17H2,1H3,(H,27,30)(H,28,31). The Balaban J connectivity index is 1.40. The van der Waals surface area contributed by atoms with Gasteiger partial charge in [-0.3, -0.25) is 9.59 Å². The zero-order chi connectivity index (χ0) is 22.8. The van der Waals surface area contributed by atoms with Crippen LogP contribution in [-0.2, 0) is 16.0 Å². The third kappa shape index (κ3) is 7.16. The highest BCUT2D eigenvalue weighted by molar-refractivity contribution is 5.84. The molecule has 0 aromatic heterocycles. The third-order valence-electron chi connectivity index (χ3n) is 5.05.